The van der Waals surface area contributed by atoms with Crippen molar-refractivity contribution in [3.05, 3.63) is 25.3 Å². The van der Waals surface area contributed by atoms with Gasteiger partial charge in [0.25, 0.3) is 0 Å². The van der Waals surface area contributed by atoms with Gasteiger partial charge in [-0.1, -0.05) is 12.2 Å². The monoisotopic (exact) mass is 153 g/mol. The smallest absolute Gasteiger partial charge is 0.137 e. The highest BCUT2D eigenvalue weighted by Gasteiger charge is 2.38. The Bertz CT molecular complexity index is 146. The Balaban J connectivity index is 2.32. The summed E-state index contributed by atoms with van der Waals surface area (Å²) >= 11 is 0. The third-order valence-corrected chi connectivity index (χ3v) is 1.77. The van der Waals surface area contributed by atoms with Crippen LogP contribution in [-0.4, -0.2) is 30.3 Å². The van der Waals surface area contributed by atoms with E-state index in [1.54, 1.807) is 0 Å². The summed E-state index contributed by atoms with van der Waals surface area (Å²) in [6.45, 7) is 11.2. The molecule has 0 spiro atoms. The fourth-order valence-electron chi connectivity index (χ4n) is 1.17. The van der Waals surface area contributed by atoms with E-state index in [9.17, 15) is 0 Å². The van der Waals surface area contributed by atoms with E-state index in [4.69, 9.17) is 4.74 Å². The number of ether oxygens (including phenoxy) is 1. The lowest BCUT2D eigenvalue weighted by Gasteiger charge is -2.14. The first-order chi connectivity index (χ1) is 5.29. The van der Waals surface area contributed by atoms with Crippen molar-refractivity contribution >= 4 is 0 Å². The molecule has 1 aliphatic heterocycles. The van der Waals surface area contributed by atoms with Gasteiger partial charge in [0.15, 0.2) is 0 Å². The Hall–Kier alpha value is -0.600. The Morgan fingerprint density at radius 3 is 2.09 bits per heavy atom. The third-order valence-electron chi connectivity index (χ3n) is 1.77. The first kappa shape index (κ1) is 8.50. The summed E-state index contributed by atoms with van der Waals surface area (Å²) < 4.78 is 5.31. The highest BCUT2D eigenvalue weighted by atomic mass is 16.6. The fourth-order valence-corrected chi connectivity index (χ4v) is 1.17. The van der Waals surface area contributed by atoms with Gasteiger partial charge in [0.2, 0.25) is 0 Å². The molecule has 2 unspecified atom stereocenters. The zero-order valence-corrected chi connectivity index (χ0v) is 6.99. The molecular weight excluding hydrogens is 138 g/mol. The minimum Gasteiger partial charge on any atom is -0.353 e. The van der Waals surface area contributed by atoms with E-state index in [0.717, 1.165) is 13.1 Å². The Kier molecular flexibility index (Phi) is 2.85. The number of hydrogen-bond donors (Lipinski definition) is 0. The first-order valence-electron chi connectivity index (χ1n) is 3.91. The van der Waals surface area contributed by atoms with Crippen molar-refractivity contribution in [3.63, 3.8) is 0 Å². The Morgan fingerprint density at radius 2 is 1.82 bits per heavy atom. The quantitative estimate of drug-likeness (QED) is 0.438. The second-order valence-corrected chi connectivity index (χ2v) is 2.76. The van der Waals surface area contributed by atoms with E-state index in [1.165, 1.54) is 0 Å². The van der Waals surface area contributed by atoms with Crippen LogP contribution in [0.2, 0.25) is 0 Å². The van der Waals surface area contributed by atoms with Crippen LogP contribution < -0.4 is 0 Å². The molecule has 0 N–H and O–H groups in total. The van der Waals surface area contributed by atoms with Crippen molar-refractivity contribution in [3.8, 4) is 0 Å². The van der Waals surface area contributed by atoms with Crippen LogP contribution in [0.1, 0.15) is 6.92 Å². The maximum atomic E-state index is 5.31. The van der Waals surface area contributed by atoms with Crippen LogP contribution >= 0.6 is 0 Å². The van der Waals surface area contributed by atoms with E-state index < -0.39 is 0 Å². The molecule has 1 aliphatic rings. The van der Waals surface area contributed by atoms with Crippen molar-refractivity contribution in [1.82, 2.24) is 4.90 Å². The average molecular weight is 153 g/mol. The van der Waals surface area contributed by atoms with E-state index in [-0.39, 0.29) is 0 Å². The molecule has 0 aromatic heterocycles. The van der Waals surface area contributed by atoms with Crippen LogP contribution in [0.15, 0.2) is 25.3 Å². The van der Waals surface area contributed by atoms with E-state index in [2.05, 4.69) is 25.0 Å². The van der Waals surface area contributed by atoms with Gasteiger partial charge >= 0.3 is 0 Å². The fraction of sp³-hybridized carbons (Fsp3) is 0.556. The van der Waals surface area contributed by atoms with Crippen LogP contribution in [0.25, 0.3) is 0 Å². The van der Waals surface area contributed by atoms with E-state index in [1.807, 2.05) is 12.2 Å². The summed E-state index contributed by atoms with van der Waals surface area (Å²) in [5.74, 6) is 0. The van der Waals surface area contributed by atoms with Crippen molar-refractivity contribution in [2.45, 2.75) is 19.3 Å². The molecule has 11 heavy (non-hydrogen) atoms. The molecule has 1 saturated heterocycles. The Labute approximate surface area is 68.1 Å². The van der Waals surface area contributed by atoms with Gasteiger partial charge in [0, 0.05) is 13.1 Å². The zero-order valence-electron chi connectivity index (χ0n) is 6.99. The molecule has 0 aromatic rings. The van der Waals surface area contributed by atoms with Gasteiger partial charge in [0.05, 0.1) is 6.10 Å². The maximum Gasteiger partial charge on any atom is 0.137 e. The minimum absolute atomic E-state index is 0.297. The molecule has 0 amide bonds. The Morgan fingerprint density at radius 1 is 1.36 bits per heavy atom. The highest BCUT2D eigenvalue weighted by Crippen LogP contribution is 2.24. The molecule has 0 radical (unpaired) electrons. The maximum absolute atomic E-state index is 5.31. The molecule has 0 aromatic carbocycles. The van der Waals surface area contributed by atoms with Gasteiger partial charge in [-0.2, -0.15) is 0 Å². The molecule has 2 heteroatoms. The van der Waals surface area contributed by atoms with Crippen molar-refractivity contribution in [1.29, 1.82) is 0 Å². The van der Waals surface area contributed by atoms with Crippen LogP contribution in [-0.2, 0) is 4.74 Å². The summed E-state index contributed by atoms with van der Waals surface area (Å²) in [5, 5.41) is 0. The molecule has 1 rings (SSSR count). The van der Waals surface area contributed by atoms with Crippen LogP contribution in [0.3, 0.4) is 0 Å². The topological polar surface area (TPSA) is 15.8 Å². The lowest BCUT2D eigenvalue weighted by Crippen LogP contribution is -2.28. The summed E-state index contributed by atoms with van der Waals surface area (Å²) in [4.78, 5) is 2.20. The predicted molar refractivity (Wildman–Crippen MR) is 46.3 cm³/mol. The number of rotatable bonds is 5. The molecule has 2 atom stereocenters. The highest BCUT2D eigenvalue weighted by molar-refractivity contribution is 4.89. The van der Waals surface area contributed by atoms with Crippen molar-refractivity contribution in [2.24, 2.45) is 0 Å². The van der Waals surface area contributed by atoms with Gasteiger partial charge < -0.3 is 4.74 Å². The summed E-state index contributed by atoms with van der Waals surface area (Å²) in [6, 6.07) is 0. The average Bonchev–Trinajstić information content (AvgIpc) is 2.67. The second-order valence-electron chi connectivity index (χ2n) is 2.76. The van der Waals surface area contributed by atoms with Gasteiger partial charge in [-0.05, 0) is 6.92 Å². The predicted octanol–water partition coefficient (Wildman–Crippen LogP) is 1.41. The molecule has 0 bridgehead atoms. The third kappa shape index (κ3) is 2.17. The van der Waals surface area contributed by atoms with Gasteiger partial charge in [0.1, 0.15) is 6.23 Å². The van der Waals surface area contributed by atoms with Gasteiger partial charge in [-0.15, -0.1) is 13.2 Å². The summed E-state index contributed by atoms with van der Waals surface area (Å²) in [6.07, 6.45) is 4.45. The summed E-state index contributed by atoms with van der Waals surface area (Å²) in [7, 11) is 0. The molecule has 1 heterocycles. The molecule has 0 saturated carbocycles. The van der Waals surface area contributed by atoms with Crippen molar-refractivity contribution < 1.29 is 4.74 Å². The number of hydrogen-bond acceptors (Lipinski definition) is 2. The lowest BCUT2D eigenvalue weighted by atomic mass is 10.4. The largest absolute Gasteiger partial charge is 0.353 e. The lowest BCUT2D eigenvalue weighted by molar-refractivity contribution is 0.208. The molecular formula is C9H15NO. The number of nitrogens with zero attached hydrogens (tertiary/aromatic N) is 1. The SMILES string of the molecule is C=CCN(CC=C)C1OC1C. The standard InChI is InChI=1S/C9H15NO/c1-4-6-10(7-5-2)9-8(3)11-9/h4-5,8-9H,1-2,6-7H2,3H3. The first-order valence-corrected chi connectivity index (χ1v) is 3.91. The molecule has 62 valence electrons. The molecule has 1 fully saturated rings. The van der Waals surface area contributed by atoms with E-state index >= 15 is 0 Å². The minimum atomic E-state index is 0.297. The van der Waals surface area contributed by atoms with Gasteiger partial charge in [-0.25, -0.2) is 0 Å². The zero-order chi connectivity index (χ0) is 8.27. The molecule has 2 nitrogen and oxygen atoms in total. The van der Waals surface area contributed by atoms with Crippen LogP contribution in [0.5, 0.6) is 0 Å². The van der Waals surface area contributed by atoms with Crippen LogP contribution in [0.4, 0.5) is 0 Å². The second kappa shape index (κ2) is 3.69. The van der Waals surface area contributed by atoms with Gasteiger partial charge in [-0.3, -0.25) is 4.90 Å². The van der Waals surface area contributed by atoms with E-state index in [0.29, 0.717) is 12.3 Å². The van der Waals surface area contributed by atoms with Crippen LogP contribution in [0, 0.1) is 0 Å². The van der Waals surface area contributed by atoms with Crippen molar-refractivity contribution in [2.75, 3.05) is 13.1 Å². The summed E-state index contributed by atoms with van der Waals surface area (Å²) in [5.41, 5.74) is 0. The number of epoxide rings is 1. The molecule has 0 aliphatic carbocycles. The normalized spacial score (nSPS) is 28.5.